The molecule has 2 heteroatoms. The smallest absolute Gasteiger partial charge is 0.00499 e. The van der Waals surface area contributed by atoms with Crippen LogP contribution in [-0.2, 0) is 0 Å². The van der Waals surface area contributed by atoms with Crippen molar-refractivity contribution in [3.63, 3.8) is 0 Å². The second kappa shape index (κ2) is 9.04. The summed E-state index contributed by atoms with van der Waals surface area (Å²) in [6.07, 6.45) is 6.79. The number of nitrogens with one attached hydrogen (secondary N) is 1. The zero-order valence-electron chi connectivity index (χ0n) is 14.7. The number of nitrogens with zero attached hydrogens (tertiary/aromatic N) is 1. The van der Waals surface area contributed by atoms with Crippen molar-refractivity contribution in [2.24, 2.45) is 17.3 Å². The maximum absolute atomic E-state index is 3.71. The normalized spacial score (nSPS) is 22.2. The van der Waals surface area contributed by atoms with Crippen molar-refractivity contribution in [2.45, 2.75) is 66.7 Å². The Balaban J connectivity index is 2.51. The second-order valence-electron chi connectivity index (χ2n) is 7.54. The largest absolute Gasteiger partial charge is 0.316 e. The first kappa shape index (κ1) is 18.0. The Labute approximate surface area is 127 Å². The molecule has 0 bridgehead atoms. The van der Waals surface area contributed by atoms with E-state index < -0.39 is 0 Å². The molecule has 1 rings (SSSR count). The molecule has 0 radical (unpaired) electrons. The summed E-state index contributed by atoms with van der Waals surface area (Å²) in [7, 11) is 0. The Morgan fingerprint density at radius 1 is 1.15 bits per heavy atom. The molecule has 0 aromatic rings. The van der Waals surface area contributed by atoms with Gasteiger partial charge in [0.2, 0.25) is 0 Å². The Bertz CT molecular complexity index is 246. The minimum atomic E-state index is 0.475. The summed E-state index contributed by atoms with van der Waals surface area (Å²) < 4.78 is 0. The van der Waals surface area contributed by atoms with Crippen molar-refractivity contribution in [1.82, 2.24) is 10.2 Å². The van der Waals surface area contributed by atoms with Crippen molar-refractivity contribution in [3.05, 3.63) is 0 Å². The van der Waals surface area contributed by atoms with Crippen LogP contribution in [0.15, 0.2) is 0 Å². The lowest BCUT2D eigenvalue weighted by atomic mass is 9.81. The molecular weight excluding hydrogens is 244 g/mol. The van der Waals surface area contributed by atoms with Crippen LogP contribution in [0.2, 0.25) is 0 Å². The van der Waals surface area contributed by atoms with Crippen molar-refractivity contribution < 1.29 is 0 Å². The number of rotatable bonds is 8. The zero-order valence-corrected chi connectivity index (χ0v) is 14.7. The molecule has 1 aliphatic rings. The van der Waals surface area contributed by atoms with Crippen molar-refractivity contribution in [2.75, 3.05) is 32.7 Å². The molecule has 0 spiro atoms. The highest BCUT2D eigenvalue weighted by Crippen LogP contribution is 2.28. The lowest BCUT2D eigenvalue weighted by Crippen LogP contribution is -2.44. The zero-order chi connectivity index (χ0) is 15.0. The summed E-state index contributed by atoms with van der Waals surface area (Å²) in [6.45, 7) is 18.0. The van der Waals surface area contributed by atoms with E-state index in [4.69, 9.17) is 0 Å². The molecule has 1 heterocycles. The number of hydrogen-bond donors (Lipinski definition) is 1. The maximum atomic E-state index is 3.71. The van der Waals surface area contributed by atoms with Crippen LogP contribution in [0.3, 0.4) is 0 Å². The highest BCUT2D eigenvalue weighted by Gasteiger charge is 2.29. The van der Waals surface area contributed by atoms with Gasteiger partial charge in [-0.2, -0.15) is 0 Å². The molecule has 2 nitrogen and oxygen atoms in total. The molecule has 20 heavy (non-hydrogen) atoms. The third-order valence-corrected chi connectivity index (χ3v) is 5.22. The molecule has 0 aliphatic carbocycles. The van der Waals surface area contributed by atoms with E-state index in [1.807, 2.05) is 0 Å². The maximum Gasteiger partial charge on any atom is 0.00499 e. The van der Waals surface area contributed by atoms with E-state index in [2.05, 4.69) is 44.8 Å². The topological polar surface area (TPSA) is 15.3 Å². The molecule has 1 saturated heterocycles. The molecule has 120 valence electrons. The van der Waals surface area contributed by atoms with Crippen LogP contribution < -0.4 is 5.32 Å². The van der Waals surface area contributed by atoms with E-state index in [1.165, 1.54) is 58.3 Å². The van der Waals surface area contributed by atoms with Gasteiger partial charge in [0, 0.05) is 13.1 Å². The van der Waals surface area contributed by atoms with E-state index in [0.717, 1.165) is 18.4 Å². The predicted molar refractivity (Wildman–Crippen MR) is 90.2 cm³/mol. The summed E-state index contributed by atoms with van der Waals surface area (Å²) in [5, 5.41) is 3.71. The minimum absolute atomic E-state index is 0.475. The highest BCUT2D eigenvalue weighted by atomic mass is 15.1. The molecular formula is C18H38N2. The van der Waals surface area contributed by atoms with Crippen molar-refractivity contribution >= 4 is 0 Å². The summed E-state index contributed by atoms with van der Waals surface area (Å²) in [5.74, 6) is 1.68. The Hall–Kier alpha value is -0.0800. The van der Waals surface area contributed by atoms with Gasteiger partial charge in [-0.25, -0.2) is 0 Å². The first-order valence-electron chi connectivity index (χ1n) is 8.94. The number of likely N-dealkylation sites (tertiary alicyclic amines) is 1. The van der Waals surface area contributed by atoms with Gasteiger partial charge in [0.05, 0.1) is 0 Å². The molecule has 1 unspecified atom stereocenters. The standard InChI is InChI=1S/C18H38N2/c1-6-18(7-2,14-19-13-16(3)4)15-20-11-8-9-17(5)10-12-20/h16-17,19H,6-15H2,1-5H3. The van der Waals surface area contributed by atoms with Crippen LogP contribution in [0.25, 0.3) is 0 Å². The van der Waals surface area contributed by atoms with Gasteiger partial charge in [-0.3, -0.25) is 0 Å². The molecule has 0 amide bonds. The van der Waals surface area contributed by atoms with Crippen LogP contribution in [0, 0.1) is 17.3 Å². The fraction of sp³-hybridized carbons (Fsp3) is 1.00. The van der Waals surface area contributed by atoms with Crippen LogP contribution in [0.1, 0.15) is 66.7 Å². The SMILES string of the molecule is CCC(CC)(CNCC(C)C)CN1CCCC(C)CC1. The summed E-state index contributed by atoms with van der Waals surface area (Å²) >= 11 is 0. The Morgan fingerprint density at radius 2 is 1.85 bits per heavy atom. The van der Waals surface area contributed by atoms with Crippen molar-refractivity contribution in [3.8, 4) is 0 Å². The van der Waals surface area contributed by atoms with Gasteiger partial charge in [0.1, 0.15) is 0 Å². The Morgan fingerprint density at radius 3 is 2.45 bits per heavy atom. The average Bonchev–Trinajstić information content (AvgIpc) is 2.62. The molecule has 1 N–H and O–H groups in total. The van der Waals surface area contributed by atoms with Gasteiger partial charge < -0.3 is 10.2 Å². The molecule has 0 aromatic carbocycles. The summed E-state index contributed by atoms with van der Waals surface area (Å²) in [6, 6.07) is 0. The van der Waals surface area contributed by atoms with Crippen LogP contribution in [0.5, 0.6) is 0 Å². The van der Waals surface area contributed by atoms with Gasteiger partial charge in [-0.05, 0) is 69.0 Å². The monoisotopic (exact) mass is 282 g/mol. The van der Waals surface area contributed by atoms with E-state index >= 15 is 0 Å². The first-order chi connectivity index (χ1) is 9.51. The molecule has 1 fully saturated rings. The van der Waals surface area contributed by atoms with Crippen LogP contribution >= 0.6 is 0 Å². The van der Waals surface area contributed by atoms with Crippen LogP contribution in [-0.4, -0.2) is 37.6 Å². The fourth-order valence-corrected chi connectivity index (χ4v) is 3.36. The van der Waals surface area contributed by atoms with E-state index in [9.17, 15) is 0 Å². The van der Waals surface area contributed by atoms with E-state index in [-0.39, 0.29) is 0 Å². The molecule has 1 atom stereocenters. The third-order valence-electron chi connectivity index (χ3n) is 5.22. The van der Waals surface area contributed by atoms with Crippen LogP contribution in [0.4, 0.5) is 0 Å². The fourth-order valence-electron chi connectivity index (χ4n) is 3.36. The highest BCUT2D eigenvalue weighted by molar-refractivity contribution is 4.84. The quantitative estimate of drug-likeness (QED) is 0.719. The average molecular weight is 283 g/mol. The molecule has 0 aromatic heterocycles. The van der Waals surface area contributed by atoms with Gasteiger partial charge in [-0.1, -0.05) is 34.6 Å². The first-order valence-corrected chi connectivity index (χ1v) is 8.94. The Kier molecular flexibility index (Phi) is 8.13. The lowest BCUT2D eigenvalue weighted by molar-refractivity contribution is 0.135. The summed E-state index contributed by atoms with van der Waals surface area (Å²) in [5.41, 5.74) is 0.475. The van der Waals surface area contributed by atoms with Gasteiger partial charge in [-0.15, -0.1) is 0 Å². The number of hydrogen-bond acceptors (Lipinski definition) is 2. The third kappa shape index (κ3) is 6.13. The van der Waals surface area contributed by atoms with Gasteiger partial charge >= 0.3 is 0 Å². The second-order valence-corrected chi connectivity index (χ2v) is 7.54. The predicted octanol–water partition coefficient (Wildman–Crippen LogP) is 4.16. The summed E-state index contributed by atoms with van der Waals surface area (Å²) in [4.78, 5) is 2.74. The lowest BCUT2D eigenvalue weighted by Gasteiger charge is -2.37. The van der Waals surface area contributed by atoms with Gasteiger partial charge in [0.25, 0.3) is 0 Å². The minimum Gasteiger partial charge on any atom is -0.316 e. The van der Waals surface area contributed by atoms with Gasteiger partial charge in [0.15, 0.2) is 0 Å². The van der Waals surface area contributed by atoms with E-state index in [1.54, 1.807) is 0 Å². The van der Waals surface area contributed by atoms with E-state index in [0.29, 0.717) is 5.41 Å². The molecule has 1 aliphatic heterocycles. The van der Waals surface area contributed by atoms with Crippen molar-refractivity contribution in [1.29, 1.82) is 0 Å². The molecule has 0 saturated carbocycles.